The molecule has 6 aliphatic rings. The molecule has 0 saturated carbocycles. The number of phosphoric ester groups is 3. The molecule has 108 heavy (non-hydrogen) atoms. The van der Waals surface area contributed by atoms with Crippen molar-refractivity contribution in [2.45, 2.75) is 248 Å². The van der Waals surface area contributed by atoms with Gasteiger partial charge in [0.15, 0.2) is 18.9 Å². The second kappa shape index (κ2) is 48.5. The number of nitrogens with zero attached hydrogens (tertiary/aromatic N) is 3. The molecule has 0 aliphatic carbocycles. The van der Waals surface area contributed by atoms with Crippen LogP contribution < -0.4 is 0 Å². The van der Waals surface area contributed by atoms with Crippen molar-refractivity contribution in [3.63, 3.8) is 0 Å². The van der Waals surface area contributed by atoms with Gasteiger partial charge < -0.3 is 123 Å². The van der Waals surface area contributed by atoms with Gasteiger partial charge in [-0.05, 0) is 110 Å². The van der Waals surface area contributed by atoms with Gasteiger partial charge in [-0.25, -0.2) is 13.7 Å². The number of phosphoric acid groups is 3. The van der Waals surface area contributed by atoms with Crippen LogP contribution in [0.4, 0.5) is 0 Å². The number of amides is 3. The van der Waals surface area contributed by atoms with Gasteiger partial charge in [0.05, 0.1) is 114 Å². The van der Waals surface area contributed by atoms with E-state index < -0.39 is 159 Å². The van der Waals surface area contributed by atoms with Crippen LogP contribution in [0.3, 0.4) is 0 Å². The number of hydrogen-bond donors (Lipinski definition) is 12. The number of hydrogen-bond acceptors (Lipinski definition) is 31. The SMILES string of the molecule is CC(C)OCC(COCCCOP(=O)(O)OC1CCN(C(=O)CCCCO[C@@H]2OC(CO)[C@H](O)[C@H](O)C2C)CC1)(COCCCOP(=O)(O)OC1CCN(C(=O)CCCCO[C@@H]2OC(CO)[C@H](O)[C@H](O)C2C)CC1)COCCCOP(=O)(O)OC1CCN(C(=O)CCCCO[C@@H]2OC(CO)[C@H](O)[C@H](O)C2C)CC1. The maximum atomic E-state index is 13.1. The van der Waals surface area contributed by atoms with Crippen molar-refractivity contribution >= 4 is 41.2 Å². The highest BCUT2D eigenvalue weighted by atomic mass is 31.2. The number of carbonyl (C=O) groups is 3. The molecule has 18 atom stereocenters. The first-order valence-corrected chi connectivity index (χ1v) is 42.8. The van der Waals surface area contributed by atoms with Crippen molar-refractivity contribution in [1.29, 1.82) is 0 Å². The molecule has 0 aromatic heterocycles. The van der Waals surface area contributed by atoms with Gasteiger partial charge in [-0.3, -0.25) is 41.5 Å². The number of piperidine rings is 3. The Kier molecular flexibility index (Phi) is 42.6. The summed E-state index contributed by atoms with van der Waals surface area (Å²) in [4.78, 5) is 76.1. The number of aliphatic hydroxyl groups is 9. The van der Waals surface area contributed by atoms with Crippen LogP contribution in [0.25, 0.3) is 0 Å². The molecule has 12 N–H and O–H groups in total. The Labute approximate surface area is 633 Å². The molecule has 632 valence electrons. The minimum Gasteiger partial charge on any atom is -0.394 e. The predicted molar refractivity (Wildman–Crippen MR) is 379 cm³/mol. The molecule has 0 radical (unpaired) electrons. The first-order valence-electron chi connectivity index (χ1n) is 38.3. The fraction of sp³-hybridized carbons (Fsp3) is 0.956. The van der Waals surface area contributed by atoms with Gasteiger partial charge in [0.2, 0.25) is 17.7 Å². The van der Waals surface area contributed by atoms with E-state index in [0.29, 0.717) is 116 Å². The number of unbranched alkanes of at least 4 members (excludes halogenated alkanes) is 3. The number of carbonyl (C=O) groups excluding carboxylic acids is 3. The van der Waals surface area contributed by atoms with E-state index in [-0.39, 0.29) is 148 Å². The van der Waals surface area contributed by atoms with Gasteiger partial charge in [-0.15, -0.1) is 0 Å². The minimum atomic E-state index is -4.54. The summed E-state index contributed by atoms with van der Waals surface area (Å²) in [7, 11) is -13.6. The van der Waals surface area contributed by atoms with Crippen molar-refractivity contribution in [1.82, 2.24) is 14.7 Å². The van der Waals surface area contributed by atoms with Crippen LogP contribution in [-0.4, -0.2) is 336 Å². The molecule has 40 heteroatoms. The van der Waals surface area contributed by atoms with Gasteiger partial charge >= 0.3 is 23.5 Å². The number of ether oxygens (including phenoxy) is 10. The molecule has 6 heterocycles. The summed E-state index contributed by atoms with van der Waals surface area (Å²) in [6.45, 7) is 9.14. The summed E-state index contributed by atoms with van der Waals surface area (Å²) in [5, 5.41) is 89.6. The normalized spacial score (nSPS) is 30.3. The number of aliphatic hydroxyl groups excluding tert-OH is 9. The summed E-state index contributed by atoms with van der Waals surface area (Å²) in [6, 6.07) is 0. The lowest BCUT2D eigenvalue weighted by Gasteiger charge is -2.40. The zero-order valence-electron chi connectivity index (χ0n) is 63.3. The first kappa shape index (κ1) is 94.8. The fourth-order valence-electron chi connectivity index (χ4n) is 13.2. The second-order valence-corrected chi connectivity index (χ2v) is 33.4. The van der Waals surface area contributed by atoms with Crippen LogP contribution in [0.1, 0.15) is 150 Å². The molecule has 6 fully saturated rings. The summed E-state index contributed by atoms with van der Waals surface area (Å²) in [6.07, 6.45) is -8.75. The topological polar surface area (TPSA) is 503 Å². The second-order valence-electron chi connectivity index (χ2n) is 29.2. The highest BCUT2D eigenvalue weighted by molar-refractivity contribution is 7.48. The van der Waals surface area contributed by atoms with E-state index in [1.54, 1.807) is 35.5 Å². The van der Waals surface area contributed by atoms with Crippen molar-refractivity contribution in [2.75, 3.05) is 145 Å². The van der Waals surface area contributed by atoms with Crippen molar-refractivity contribution in [2.24, 2.45) is 23.2 Å². The third-order valence-corrected chi connectivity index (χ3v) is 23.2. The van der Waals surface area contributed by atoms with Gasteiger partial charge in [0.25, 0.3) is 0 Å². The molecule has 6 rings (SSSR count). The molecular weight excluding hydrogens is 1500 g/mol. The van der Waals surface area contributed by atoms with E-state index in [1.165, 1.54) is 0 Å². The number of rotatable bonds is 51. The Balaban J connectivity index is 0.899. The first-order chi connectivity index (χ1) is 51.4. The Bertz CT molecular complexity index is 2430. The van der Waals surface area contributed by atoms with Crippen LogP contribution >= 0.6 is 23.5 Å². The van der Waals surface area contributed by atoms with Crippen LogP contribution in [-0.2, 0) is 103 Å². The van der Waals surface area contributed by atoms with Gasteiger partial charge in [0.1, 0.15) is 36.6 Å². The van der Waals surface area contributed by atoms with E-state index in [0.717, 1.165) is 0 Å². The lowest BCUT2D eigenvalue weighted by molar-refractivity contribution is -0.282. The van der Waals surface area contributed by atoms with Crippen molar-refractivity contribution in [3.05, 3.63) is 0 Å². The standard InChI is InChI=1S/C68H126N3O34P3/c1-46(2)96-45-68(42-90-30-12-36-97-106(84,85)103-50-18-24-69(25-19-50)56(75)15-6-9-33-93-65-47(3)59(78)62(81)53(39-72)100-65,43-91-31-13-37-98-107(86,87)104-51-20-26-70(27-21-51)57(76)16-7-10-34-94-66-48(4)60(79)63(82)54(40-73)101-66)44-92-32-14-38-99-108(88,89)105-52-22-28-71(29-23-52)58(77)17-8-11-35-95-67-49(5)61(80)64(83)55(41-74)102-67/h46-55,59-67,72-74,78-83H,6-45H2,1-5H3,(H,84,85)(H,86,87)(H,88,89)/t47?,48?,49?,53?,54?,55?,59-,60-,61-,62+,63+,64+,65-,66-,67-,68?/m1/s1. The number of likely N-dealkylation sites (tertiary alicyclic amines) is 3. The zero-order valence-corrected chi connectivity index (χ0v) is 66.0. The summed E-state index contributed by atoms with van der Waals surface area (Å²) in [5.74, 6) is -1.89. The zero-order chi connectivity index (χ0) is 79.0. The van der Waals surface area contributed by atoms with Crippen LogP contribution in [0.5, 0.6) is 0 Å². The summed E-state index contributed by atoms with van der Waals surface area (Å²) < 4.78 is 130. The quantitative estimate of drug-likeness (QED) is 0.0305. The molecular formula is C68H126N3O34P3. The third kappa shape index (κ3) is 32.6. The minimum absolute atomic E-state index is 0.0230. The van der Waals surface area contributed by atoms with E-state index in [9.17, 15) is 88.7 Å². The maximum Gasteiger partial charge on any atom is 0.472 e. The third-order valence-electron chi connectivity index (χ3n) is 20.0. The Hall–Kier alpha value is -2.02. The molecule has 0 aromatic carbocycles. The van der Waals surface area contributed by atoms with E-state index >= 15 is 0 Å². The lowest BCUT2D eigenvalue weighted by Crippen LogP contribution is -2.55. The van der Waals surface area contributed by atoms with Gasteiger partial charge in [-0.2, -0.15) is 0 Å². The smallest absolute Gasteiger partial charge is 0.394 e. The van der Waals surface area contributed by atoms with Crippen molar-refractivity contribution < 1.29 is 163 Å². The Morgan fingerprint density at radius 1 is 0.398 bits per heavy atom. The van der Waals surface area contributed by atoms with E-state index in [1.807, 2.05) is 13.8 Å². The molecule has 6 saturated heterocycles. The monoisotopic (exact) mass is 1620 g/mol. The fourth-order valence-corrected chi connectivity index (χ4v) is 16.2. The van der Waals surface area contributed by atoms with Gasteiger partial charge in [-0.1, -0.05) is 20.8 Å². The van der Waals surface area contributed by atoms with E-state index in [2.05, 4.69) is 0 Å². The maximum absolute atomic E-state index is 13.1. The molecule has 0 aromatic rings. The van der Waals surface area contributed by atoms with Crippen LogP contribution in [0, 0.1) is 23.2 Å². The molecule has 0 spiro atoms. The largest absolute Gasteiger partial charge is 0.472 e. The summed E-state index contributed by atoms with van der Waals surface area (Å²) >= 11 is 0. The Morgan fingerprint density at radius 3 is 0.917 bits per heavy atom. The van der Waals surface area contributed by atoms with Gasteiger partial charge in [0, 0.05) is 116 Å². The Morgan fingerprint density at radius 2 is 0.667 bits per heavy atom. The lowest BCUT2D eigenvalue weighted by atomic mass is 9.92. The highest BCUT2D eigenvalue weighted by Gasteiger charge is 2.46. The average Bonchev–Trinajstić information content (AvgIpc) is 0.829. The average molecular weight is 1620 g/mol. The molecule has 37 nitrogen and oxygen atoms in total. The predicted octanol–water partition coefficient (Wildman–Crippen LogP) is 1.78. The van der Waals surface area contributed by atoms with E-state index in [4.69, 9.17) is 74.5 Å². The molecule has 6 aliphatic heterocycles. The highest BCUT2D eigenvalue weighted by Crippen LogP contribution is 2.48. The van der Waals surface area contributed by atoms with Crippen molar-refractivity contribution in [3.8, 4) is 0 Å². The molecule has 9 unspecified atom stereocenters. The summed E-state index contributed by atoms with van der Waals surface area (Å²) in [5.41, 5.74) is -1.00. The molecule has 3 amide bonds. The van der Waals surface area contributed by atoms with Crippen LogP contribution in [0.2, 0.25) is 0 Å². The van der Waals surface area contributed by atoms with Crippen LogP contribution in [0.15, 0.2) is 0 Å². The molecule has 0 bridgehead atoms.